The summed E-state index contributed by atoms with van der Waals surface area (Å²) in [5.41, 5.74) is -0.0337. The minimum absolute atomic E-state index is 0.141. The summed E-state index contributed by atoms with van der Waals surface area (Å²) in [5, 5.41) is 2.90. The molecule has 1 aliphatic heterocycles. The Morgan fingerprint density at radius 3 is 2.18 bits per heavy atom. The number of nitrogens with one attached hydrogen (secondary N) is 1. The van der Waals surface area contributed by atoms with Crippen LogP contribution in [0, 0.1) is 0 Å². The molecule has 178 valence electrons. The van der Waals surface area contributed by atoms with Crippen molar-refractivity contribution >= 4 is 17.6 Å². The van der Waals surface area contributed by atoms with E-state index >= 15 is 0 Å². The number of pyridine rings is 1. The third kappa shape index (κ3) is 6.69. The molecule has 0 saturated carbocycles. The van der Waals surface area contributed by atoms with Crippen LogP contribution in [0.2, 0.25) is 0 Å². The summed E-state index contributed by atoms with van der Waals surface area (Å²) in [6, 6.07) is 7.81. The number of benzene rings is 1. The molecule has 1 aromatic heterocycles. The van der Waals surface area contributed by atoms with Gasteiger partial charge in [0.25, 0.3) is 11.8 Å². The molecule has 9 heteroatoms. The molecular formula is C24H29F3N4O2. The second-order valence-electron chi connectivity index (χ2n) is 8.08. The van der Waals surface area contributed by atoms with E-state index in [1.54, 1.807) is 23.2 Å². The molecule has 33 heavy (non-hydrogen) atoms. The van der Waals surface area contributed by atoms with E-state index in [-0.39, 0.29) is 17.4 Å². The highest BCUT2D eigenvalue weighted by molar-refractivity contribution is 5.95. The van der Waals surface area contributed by atoms with Crippen LogP contribution < -0.4 is 10.2 Å². The van der Waals surface area contributed by atoms with E-state index in [1.807, 2.05) is 4.90 Å². The van der Waals surface area contributed by atoms with Crippen LogP contribution in [0.15, 0.2) is 42.6 Å². The van der Waals surface area contributed by atoms with Gasteiger partial charge in [-0.1, -0.05) is 26.2 Å². The van der Waals surface area contributed by atoms with E-state index in [2.05, 4.69) is 17.2 Å². The van der Waals surface area contributed by atoms with Crippen LogP contribution in [0.25, 0.3) is 0 Å². The molecule has 1 aromatic carbocycles. The van der Waals surface area contributed by atoms with Gasteiger partial charge in [0, 0.05) is 44.5 Å². The Kier molecular flexibility index (Phi) is 8.30. The molecule has 1 saturated heterocycles. The Morgan fingerprint density at radius 2 is 1.61 bits per heavy atom. The number of amides is 2. The third-order valence-electron chi connectivity index (χ3n) is 5.68. The number of carbonyl (C=O) groups excluding carboxylic acids is 2. The van der Waals surface area contributed by atoms with Gasteiger partial charge in [0.15, 0.2) is 0 Å². The van der Waals surface area contributed by atoms with E-state index in [0.717, 1.165) is 43.6 Å². The van der Waals surface area contributed by atoms with Crippen molar-refractivity contribution < 1.29 is 22.8 Å². The Labute approximate surface area is 191 Å². The molecule has 1 fully saturated rings. The van der Waals surface area contributed by atoms with Crippen molar-refractivity contribution in [2.45, 2.75) is 38.8 Å². The first kappa shape index (κ1) is 24.5. The van der Waals surface area contributed by atoms with Crippen LogP contribution in [-0.4, -0.2) is 54.4 Å². The molecular weight excluding hydrogens is 433 g/mol. The minimum Gasteiger partial charge on any atom is -0.353 e. The molecule has 0 spiro atoms. The Bertz CT molecular complexity index is 922. The average Bonchev–Trinajstić information content (AvgIpc) is 2.83. The van der Waals surface area contributed by atoms with Gasteiger partial charge < -0.3 is 15.1 Å². The summed E-state index contributed by atoms with van der Waals surface area (Å²) in [6.45, 7) is 4.74. The van der Waals surface area contributed by atoms with E-state index in [0.29, 0.717) is 38.3 Å². The molecule has 3 rings (SSSR count). The first-order chi connectivity index (χ1) is 15.8. The molecule has 1 aliphatic rings. The van der Waals surface area contributed by atoms with Gasteiger partial charge in [-0.3, -0.25) is 9.59 Å². The van der Waals surface area contributed by atoms with Gasteiger partial charge in [-0.05, 0) is 42.8 Å². The smallest absolute Gasteiger partial charge is 0.353 e. The number of nitrogens with zero attached hydrogens (tertiary/aromatic N) is 3. The molecule has 0 unspecified atom stereocenters. The zero-order valence-corrected chi connectivity index (χ0v) is 18.7. The summed E-state index contributed by atoms with van der Waals surface area (Å²) >= 11 is 0. The topological polar surface area (TPSA) is 65.5 Å². The number of anilines is 1. The van der Waals surface area contributed by atoms with Crippen LogP contribution in [0.1, 0.15) is 58.9 Å². The number of piperazine rings is 1. The van der Waals surface area contributed by atoms with Crippen molar-refractivity contribution in [3.8, 4) is 0 Å². The van der Waals surface area contributed by atoms with Crippen molar-refractivity contribution in [2.24, 2.45) is 0 Å². The van der Waals surface area contributed by atoms with Gasteiger partial charge >= 0.3 is 6.18 Å². The van der Waals surface area contributed by atoms with Crippen LogP contribution in [0.5, 0.6) is 0 Å². The lowest BCUT2D eigenvalue weighted by Crippen LogP contribution is -2.49. The number of carbonyl (C=O) groups is 2. The molecule has 0 bridgehead atoms. The van der Waals surface area contributed by atoms with Crippen LogP contribution >= 0.6 is 0 Å². The second-order valence-corrected chi connectivity index (χ2v) is 8.08. The first-order valence-electron chi connectivity index (χ1n) is 11.3. The molecule has 1 N–H and O–H groups in total. The number of unbranched alkanes of at least 4 members (excludes halogenated alkanes) is 3. The fourth-order valence-electron chi connectivity index (χ4n) is 3.69. The van der Waals surface area contributed by atoms with Crippen molar-refractivity contribution in [3.63, 3.8) is 0 Å². The number of alkyl halides is 3. The van der Waals surface area contributed by atoms with Gasteiger partial charge in [0.1, 0.15) is 5.82 Å². The normalized spacial score (nSPS) is 14.3. The Morgan fingerprint density at radius 1 is 0.939 bits per heavy atom. The number of hydrogen-bond acceptors (Lipinski definition) is 4. The van der Waals surface area contributed by atoms with Gasteiger partial charge in [-0.2, -0.15) is 13.2 Å². The molecule has 2 aromatic rings. The standard InChI is InChI=1S/C24H29F3N4O2/c1-2-3-4-5-12-28-22(32)19-8-11-21(29-17-19)30-13-15-31(16-14-30)23(33)18-6-9-20(10-7-18)24(25,26)27/h6-11,17H,2-5,12-16H2,1H3,(H,28,32). The van der Waals surface area contributed by atoms with Crippen molar-refractivity contribution in [1.29, 1.82) is 0 Å². The predicted molar refractivity (Wildman–Crippen MR) is 120 cm³/mol. The number of aromatic nitrogens is 1. The summed E-state index contributed by atoms with van der Waals surface area (Å²) in [5.74, 6) is 0.288. The third-order valence-corrected chi connectivity index (χ3v) is 5.68. The Hall–Kier alpha value is -3.10. The maximum Gasteiger partial charge on any atom is 0.416 e. The molecule has 0 atom stereocenters. The van der Waals surface area contributed by atoms with Gasteiger partial charge in [0.2, 0.25) is 0 Å². The van der Waals surface area contributed by atoms with Crippen LogP contribution in [0.3, 0.4) is 0 Å². The zero-order chi connectivity index (χ0) is 23.8. The zero-order valence-electron chi connectivity index (χ0n) is 18.7. The molecule has 0 aliphatic carbocycles. The largest absolute Gasteiger partial charge is 0.416 e. The van der Waals surface area contributed by atoms with Gasteiger partial charge in [0.05, 0.1) is 11.1 Å². The lowest BCUT2D eigenvalue weighted by atomic mass is 10.1. The van der Waals surface area contributed by atoms with Gasteiger partial charge in [-0.15, -0.1) is 0 Å². The van der Waals surface area contributed by atoms with Crippen molar-refractivity contribution in [2.75, 3.05) is 37.6 Å². The fourth-order valence-corrected chi connectivity index (χ4v) is 3.69. The lowest BCUT2D eigenvalue weighted by molar-refractivity contribution is -0.137. The summed E-state index contributed by atoms with van der Waals surface area (Å²) < 4.78 is 38.1. The molecule has 2 heterocycles. The van der Waals surface area contributed by atoms with Crippen molar-refractivity contribution in [1.82, 2.24) is 15.2 Å². The average molecular weight is 463 g/mol. The molecule has 0 radical (unpaired) electrons. The van der Waals surface area contributed by atoms with Crippen molar-refractivity contribution in [3.05, 3.63) is 59.3 Å². The van der Waals surface area contributed by atoms with E-state index < -0.39 is 11.7 Å². The molecule has 2 amide bonds. The summed E-state index contributed by atoms with van der Waals surface area (Å²) in [7, 11) is 0. The fraction of sp³-hybridized carbons (Fsp3) is 0.458. The van der Waals surface area contributed by atoms with Gasteiger partial charge in [-0.25, -0.2) is 4.98 Å². The second kappa shape index (κ2) is 11.2. The highest BCUT2D eigenvalue weighted by Crippen LogP contribution is 2.29. The number of hydrogen-bond donors (Lipinski definition) is 1. The maximum absolute atomic E-state index is 12.7. The Balaban J connectivity index is 1.49. The highest BCUT2D eigenvalue weighted by atomic mass is 19.4. The molecule has 6 nitrogen and oxygen atoms in total. The number of halogens is 3. The maximum atomic E-state index is 12.7. The van der Waals surface area contributed by atoms with E-state index in [1.165, 1.54) is 12.1 Å². The monoisotopic (exact) mass is 462 g/mol. The van der Waals surface area contributed by atoms with E-state index in [4.69, 9.17) is 0 Å². The van der Waals surface area contributed by atoms with E-state index in [9.17, 15) is 22.8 Å². The number of rotatable bonds is 8. The quantitative estimate of drug-likeness (QED) is 0.592. The first-order valence-corrected chi connectivity index (χ1v) is 11.3. The van der Waals surface area contributed by atoms with Crippen LogP contribution in [-0.2, 0) is 6.18 Å². The predicted octanol–water partition coefficient (Wildman–Crippen LogP) is 4.37. The summed E-state index contributed by atoms with van der Waals surface area (Å²) in [6.07, 6.45) is 1.50. The lowest BCUT2D eigenvalue weighted by Gasteiger charge is -2.35. The highest BCUT2D eigenvalue weighted by Gasteiger charge is 2.30. The van der Waals surface area contributed by atoms with Crippen LogP contribution in [0.4, 0.5) is 19.0 Å². The minimum atomic E-state index is -4.43. The summed E-state index contributed by atoms with van der Waals surface area (Å²) in [4.78, 5) is 32.9. The SMILES string of the molecule is CCCCCCNC(=O)c1ccc(N2CCN(C(=O)c3ccc(C(F)(F)F)cc3)CC2)nc1.